The van der Waals surface area contributed by atoms with Crippen LogP contribution in [0.15, 0.2) is 24.4 Å². The van der Waals surface area contributed by atoms with E-state index in [1.165, 1.54) is 16.8 Å². The first-order valence-corrected chi connectivity index (χ1v) is 8.16. The van der Waals surface area contributed by atoms with E-state index < -0.39 is 9.84 Å². The fourth-order valence-electron chi connectivity index (χ4n) is 2.44. The monoisotopic (exact) mass is 295 g/mol. The summed E-state index contributed by atoms with van der Waals surface area (Å²) < 4.78 is 37.8. The molecule has 3 rings (SSSR count). The Morgan fingerprint density at radius 3 is 2.90 bits per heavy atom. The highest BCUT2D eigenvalue weighted by Crippen LogP contribution is 2.27. The molecule has 0 aliphatic carbocycles. The minimum absolute atomic E-state index is 0.109. The first-order chi connectivity index (χ1) is 9.44. The molecule has 5 nitrogen and oxygen atoms in total. The zero-order valence-electron chi connectivity index (χ0n) is 11.0. The molecule has 7 heteroatoms. The van der Waals surface area contributed by atoms with Crippen LogP contribution < -0.4 is 0 Å². The number of aryl methyl sites for hydroxylation is 1. The van der Waals surface area contributed by atoms with Crippen LogP contribution in [-0.4, -0.2) is 34.9 Å². The third-order valence-corrected chi connectivity index (χ3v) is 5.35. The molecular weight excluding hydrogens is 281 g/mol. The molecule has 106 valence electrons. The van der Waals surface area contributed by atoms with Gasteiger partial charge in [0, 0.05) is 5.92 Å². The molecule has 0 radical (unpaired) electrons. The lowest BCUT2D eigenvalue weighted by molar-refractivity contribution is 0.601. The van der Waals surface area contributed by atoms with Gasteiger partial charge < -0.3 is 0 Å². The standard InChI is InChI=1S/C13H14FN3O2S/c1-9-2-3-11(14)6-13(9)17-7-12(15-16-17)10-4-5-20(18,19)8-10/h2-3,6-7,10H,4-5,8H2,1H3. The van der Waals surface area contributed by atoms with E-state index in [1.54, 1.807) is 12.3 Å². The van der Waals surface area contributed by atoms with E-state index in [4.69, 9.17) is 0 Å². The van der Waals surface area contributed by atoms with Crippen LogP contribution in [0, 0.1) is 12.7 Å². The van der Waals surface area contributed by atoms with Gasteiger partial charge in [-0.15, -0.1) is 5.10 Å². The maximum absolute atomic E-state index is 13.3. The largest absolute Gasteiger partial charge is 0.229 e. The summed E-state index contributed by atoms with van der Waals surface area (Å²) in [5, 5.41) is 8.02. The van der Waals surface area contributed by atoms with E-state index in [9.17, 15) is 12.8 Å². The molecule has 1 aliphatic heterocycles. The maximum Gasteiger partial charge on any atom is 0.151 e. The van der Waals surface area contributed by atoms with Crippen molar-refractivity contribution in [3.63, 3.8) is 0 Å². The summed E-state index contributed by atoms with van der Waals surface area (Å²) in [6.45, 7) is 1.86. The molecule has 1 aliphatic rings. The van der Waals surface area contributed by atoms with Crippen LogP contribution in [0.3, 0.4) is 0 Å². The van der Waals surface area contributed by atoms with Crippen molar-refractivity contribution in [1.29, 1.82) is 0 Å². The average molecular weight is 295 g/mol. The van der Waals surface area contributed by atoms with E-state index in [1.807, 2.05) is 6.92 Å². The van der Waals surface area contributed by atoms with Crippen molar-refractivity contribution < 1.29 is 12.8 Å². The van der Waals surface area contributed by atoms with Gasteiger partial charge in [0.15, 0.2) is 9.84 Å². The molecule has 0 spiro atoms. The molecule has 1 unspecified atom stereocenters. The Hall–Kier alpha value is -1.76. The highest BCUT2D eigenvalue weighted by atomic mass is 32.2. The third kappa shape index (κ3) is 2.45. The first kappa shape index (κ1) is 13.2. The van der Waals surface area contributed by atoms with Gasteiger partial charge in [0.25, 0.3) is 0 Å². The summed E-state index contributed by atoms with van der Waals surface area (Å²) in [7, 11) is -2.95. The van der Waals surface area contributed by atoms with Crippen molar-refractivity contribution in [2.75, 3.05) is 11.5 Å². The van der Waals surface area contributed by atoms with E-state index in [-0.39, 0.29) is 23.2 Å². The van der Waals surface area contributed by atoms with Gasteiger partial charge in [0.1, 0.15) is 5.82 Å². The van der Waals surface area contributed by atoms with Gasteiger partial charge in [0.2, 0.25) is 0 Å². The molecule has 0 bridgehead atoms. The van der Waals surface area contributed by atoms with Crippen LogP contribution in [0.1, 0.15) is 23.6 Å². The molecule has 1 saturated heterocycles. The lowest BCUT2D eigenvalue weighted by Gasteiger charge is -2.04. The highest BCUT2D eigenvalue weighted by Gasteiger charge is 2.31. The maximum atomic E-state index is 13.3. The molecular formula is C13H14FN3O2S. The predicted molar refractivity (Wildman–Crippen MR) is 72.1 cm³/mol. The van der Waals surface area contributed by atoms with Gasteiger partial charge in [-0.25, -0.2) is 17.5 Å². The van der Waals surface area contributed by atoms with E-state index in [0.29, 0.717) is 17.8 Å². The molecule has 1 aromatic heterocycles. The van der Waals surface area contributed by atoms with Gasteiger partial charge in [-0.1, -0.05) is 11.3 Å². The minimum Gasteiger partial charge on any atom is -0.229 e. The molecule has 2 heterocycles. The summed E-state index contributed by atoms with van der Waals surface area (Å²) in [5.74, 6) is -0.133. The van der Waals surface area contributed by atoms with Gasteiger partial charge >= 0.3 is 0 Å². The zero-order chi connectivity index (χ0) is 14.3. The van der Waals surface area contributed by atoms with Crippen LogP contribution in [0.25, 0.3) is 5.69 Å². The molecule has 1 aromatic carbocycles. The van der Waals surface area contributed by atoms with E-state index >= 15 is 0 Å². The normalized spacial score (nSPS) is 21.2. The Morgan fingerprint density at radius 1 is 1.40 bits per heavy atom. The van der Waals surface area contributed by atoms with Crippen molar-refractivity contribution in [3.8, 4) is 5.69 Å². The molecule has 0 N–H and O–H groups in total. The number of hydrogen-bond acceptors (Lipinski definition) is 4. The Labute approximate surface area is 116 Å². The number of rotatable bonds is 2. The van der Waals surface area contributed by atoms with Crippen LogP contribution in [-0.2, 0) is 9.84 Å². The summed E-state index contributed by atoms with van der Waals surface area (Å²) in [6, 6.07) is 4.45. The summed E-state index contributed by atoms with van der Waals surface area (Å²) in [6.07, 6.45) is 2.26. The molecule has 1 atom stereocenters. The number of halogens is 1. The molecule has 0 saturated carbocycles. The summed E-state index contributed by atoms with van der Waals surface area (Å²) in [5.41, 5.74) is 2.14. The fourth-order valence-corrected chi connectivity index (χ4v) is 4.20. The lowest BCUT2D eigenvalue weighted by Crippen LogP contribution is -2.04. The quantitative estimate of drug-likeness (QED) is 0.844. The Bertz CT molecular complexity index is 755. The number of sulfone groups is 1. The second-order valence-corrected chi connectivity index (χ2v) is 7.35. The number of nitrogens with zero attached hydrogens (tertiary/aromatic N) is 3. The average Bonchev–Trinajstić information content (AvgIpc) is 2.98. The van der Waals surface area contributed by atoms with E-state index in [0.717, 1.165) is 5.56 Å². The van der Waals surface area contributed by atoms with Gasteiger partial charge in [-0.2, -0.15) is 0 Å². The third-order valence-electron chi connectivity index (χ3n) is 3.58. The van der Waals surface area contributed by atoms with Crippen LogP contribution >= 0.6 is 0 Å². The van der Waals surface area contributed by atoms with Crippen molar-refractivity contribution >= 4 is 9.84 Å². The molecule has 20 heavy (non-hydrogen) atoms. The lowest BCUT2D eigenvalue weighted by atomic mass is 10.1. The Morgan fingerprint density at radius 2 is 2.20 bits per heavy atom. The first-order valence-electron chi connectivity index (χ1n) is 6.34. The van der Waals surface area contributed by atoms with Crippen LogP contribution in [0.4, 0.5) is 4.39 Å². The highest BCUT2D eigenvalue weighted by molar-refractivity contribution is 7.91. The van der Waals surface area contributed by atoms with Gasteiger partial charge in [-0.05, 0) is 31.0 Å². The minimum atomic E-state index is -2.95. The van der Waals surface area contributed by atoms with Crippen LogP contribution in [0.2, 0.25) is 0 Å². The molecule has 0 amide bonds. The summed E-state index contributed by atoms with van der Waals surface area (Å²) in [4.78, 5) is 0. The smallest absolute Gasteiger partial charge is 0.151 e. The van der Waals surface area contributed by atoms with Gasteiger partial charge in [-0.3, -0.25) is 0 Å². The van der Waals surface area contributed by atoms with Gasteiger partial charge in [0.05, 0.1) is 29.1 Å². The van der Waals surface area contributed by atoms with E-state index in [2.05, 4.69) is 10.3 Å². The molecule has 2 aromatic rings. The second-order valence-electron chi connectivity index (χ2n) is 5.12. The molecule has 1 fully saturated rings. The van der Waals surface area contributed by atoms with Crippen molar-refractivity contribution in [1.82, 2.24) is 15.0 Å². The van der Waals surface area contributed by atoms with Crippen molar-refractivity contribution in [3.05, 3.63) is 41.5 Å². The SMILES string of the molecule is Cc1ccc(F)cc1-n1cc(C2CCS(=O)(=O)C2)nn1. The Balaban J connectivity index is 1.93. The summed E-state index contributed by atoms with van der Waals surface area (Å²) >= 11 is 0. The number of aromatic nitrogens is 3. The second kappa shape index (κ2) is 4.66. The fraction of sp³-hybridized carbons (Fsp3) is 0.385. The van der Waals surface area contributed by atoms with Crippen LogP contribution in [0.5, 0.6) is 0 Å². The van der Waals surface area contributed by atoms with Crippen molar-refractivity contribution in [2.24, 2.45) is 0 Å². The predicted octanol–water partition coefficient (Wildman–Crippen LogP) is 1.62. The number of hydrogen-bond donors (Lipinski definition) is 0. The topological polar surface area (TPSA) is 64.8 Å². The Kier molecular flexibility index (Phi) is 3.08. The number of benzene rings is 1. The zero-order valence-corrected chi connectivity index (χ0v) is 11.8. The van der Waals surface area contributed by atoms with Crippen molar-refractivity contribution in [2.45, 2.75) is 19.3 Å².